The maximum atomic E-state index is 5.86. The predicted molar refractivity (Wildman–Crippen MR) is 84.9 cm³/mol. The van der Waals surface area contributed by atoms with Gasteiger partial charge in [-0.3, -0.25) is 0 Å². The smallest absolute Gasteiger partial charge is 0.122 e. The van der Waals surface area contributed by atoms with Gasteiger partial charge in [-0.2, -0.15) is 0 Å². The van der Waals surface area contributed by atoms with Crippen molar-refractivity contribution in [1.29, 1.82) is 0 Å². The summed E-state index contributed by atoms with van der Waals surface area (Å²) in [7, 11) is 1.76. The molecule has 1 aromatic carbocycles. The molecule has 0 saturated heterocycles. The molecule has 3 heteroatoms. The molecule has 0 spiro atoms. The lowest BCUT2D eigenvalue weighted by Crippen LogP contribution is -2.36. The molecule has 2 atom stereocenters. The van der Waals surface area contributed by atoms with Crippen LogP contribution in [0.2, 0.25) is 0 Å². The number of hydrogen-bond donors (Lipinski definition) is 1. The maximum absolute atomic E-state index is 5.86. The molecule has 1 aromatic rings. The first-order valence-electron chi connectivity index (χ1n) is 8.14. The van der Waals surface area contributed by atoms with E-state index in [1.54, 1.807) is 7.11 Å². The second-order valence-corrected chi connectivity index (χ2v) is 6.85. The van der Waals surface area contributed by atoms with Gasteiger partial charge in [-0.05, 0) is 36.7 Å². The second kappa shape index (κ2) is 6.37. The highest BCUT2D eigenvalue weighted by Crippen LogP contribution is 2.51. The molecule has 0 aromatic heterocycles. The molecule has 1 saturated carbocycles. The molecule has 1 heterocycles. The highest BCUT2D eigenvalue weighted by atomic mass is 16.5. The van der Waals surface area contributed by atoms with Crippen LogP contribution in [0.25, 0.3) is 0 Å². The molecule has 3 nitrogen and oxygen atoms in total. The van der Waals surface area contributed by atoms with Crippen LogP contribution in [0.5, 0.6) is 5.75 Å². The van der Waals surface area contributed by atoms with Crippen LogP contribution in [0.4, 0.5) is 0 Å². The Morgan fingerprint density at radius 3 is 2.90 bits per heavy atom. The van der Waals surface area contributed by atoms with Gasteiger partial charge in [0, 0.05) is 31.7 Å². The van der Waals surface area contributed by atoms with Crippen molar-refractivity contribution in [2.45, 2.75) is 32.1 Å². The van der Waals surface area contributed by atoms with Crippen LogP contribution in [0.15, 0.2) is 24.3 Å². The molecular formula is C18H27NO2. The number of nitrogens with one attached hydrogen (secondary N) is 1. The van der Waals surface area contributed by atoms with Gasteiger partial charge in [-0.15, -0.1) is 0 Å². The van der Waals surface area contributed by atoms with Crippen molar-refractivity contribution in [3.05, 3.63) is 29.8 Å². The first-order chi connectivity index (χ1) is 10.2. The van der Waals surface area contributed by atoms with Crippen LogP contribution in [-0.4, -0.2) is 33.4 Å². The van der Waals surface area contributed by atoms with Crippen molar-refractivity contribution in [2.75, 3.05) is 33.4 Å². The summed E-state index contributed by atoms with van der Waals surface area (Å²) >= 11 is 0. The van der Waals surface area contributed by atoms with Gasteiger partial charge in [0.2, 0.25) is 0 Å². The zero-order chi connectivity index (χ0) is 14.7. The fourth-order valence-corrected chi connectivity index (χ4v) is 3.67. The van der Waals surface area contributed by atoms with E-state index in [0.29, 0.717) is 11.3 Å². The summed E-state index contributed by atoms with van der Waals surface area (Å²) in [5.74, 6) is 2.52. The van der Waals surface area contributed by atoms with Crippen LogP contribution in [0, 0.1) is 11.3 Å². The molecule has 1 fully saturated rings. The number of ether oxygens (including phenoxy) is 2. The van der Waals surface area contributed by atoms with E-state index in [0.717, 1.165) is 38.0 Å². The van der Waals surface area contributed by atoms with Crippen molar-refractivity contribution in [3.63, 3.8) is 0 Å². The van der Waals surface area contributed by atoms with Crippen LogP contribution < -0.4 is 10.1 Å². The van der Waals surface area contributed by atoms with Crippen LogP contribution in [0.3, 0.4) is 0 Å². The second-order valence-electron chi connectivity index (χ2n) is 6.85. The third kappa shape index (κ3) is 3.41. The number of methoxy groups -OCH3 is 1. The fourth-order valence-electron chi connectivity index (χ4n) is 3.67. The molecule has 21 heavy (non-hydrogen) atoms. The van der Waals surface area contributed by atoms with E-state index in [-0.39, 0.29) is 0 Å². The van der Waals surface area contributed by atoms with E-state index in [9.17, 15) is 0 Å². The Morgan fingerprint density at radius 1 is 1.33 bits per heavy atom. The Hall–Kier alpha value is -1.06. The van der Waals surface area contributed by atoms with Gasteiger partial charge in [-0.25, -0.2) is 0 Å². The largest absolute Gasteiger partial charge is 0.493 e. The lowest BCUT2D eigenvalue weighted by Gasteiger charge is -2.32. The Balaban J connectivity index is 1.63. The van der Waals surface area contributed by atoms with Crippen molar-refractivity contribution in [1.82, 2.24) is 5.32 Å². The summed E-state index contributed by atoms with van der Waals surface area (Å²) in [6.45, 7) is 6.11. The van der Waals surface area contributed by atoms with Gasteiger partial charge in [0.15, 0.2) is 0 Å². The van der Waals surface area contributed by atoms with E-state index >= 15 is 0 Å². The molecule has 0 amide bonds. The summed E-state index contributed by atoms with van der Waals surface area (Å²) in [6.07, 6.45) is 3.99. The molecule has 1 aliphatic carbocycles. The minimum Gasteiger partial charge on any atom is -0.493 e. The third-order valence-electron chi connectivity index (χ3n) is 5.09. The number of fused-ring (bicyclic) bond motifs is 1. The highest BCUT2D eigenvalue weighted by Gasteiger charge is 2.43. The van der Waals surface area contributed by atoms with Crippen LogP contribution in [0.1, 0.15) is 37.7 Å². The number of para-hydroxylation sites is 1. The van der Waals surface area contributed by atoms with Gasteiger partial charge in [-0.1, -0.05) is 25.1 Å². The van der Waals surface area contributed by atoms with Crippen molar-refractivity contribution in [3.8, 4) is 5.75 Å². The van der Waals surface area contributed by atoms with E-state index in [1.807, 2.05) is 0 Å². The van der Waals surface area contributed by atoms with E-state index in [2.05, 4.69) is 36.5 Å². The maximum Gasteiger partial charge on any atom is 0.122 e. The van der Waals surface area contributed by atoms with Gasteiger partial charge in [0.1, 0.15) is 5.75 Å². The fraction of sp³-hybridized carbons (Fsp3) is 0.667. The van der Waals surface area contributed by atoms with Crippen molar-refractivity contribution < 1.29 is 9.47 Å². The summed E-state index contributed by atoms with van der Waals surface area (Å²) in [6, 6.07) is 8.53. The van der Waals surface area contributed by atoms with Crippen molar-refractivity contribution >= 4 is 0 Å². The number of hydrogen-bond acceptors (Lipinski definition) is 3. The molecule has 116 valence electrons. The minimum atomic E-state index is 0.374. The predicted octanol–water partition coefficient (Wildman–Crippen LogP) is 3.21. The number of benzene rings is 1. The average Bonchev–Trinajstić information content (AvgIpc) is 3.28. The molecule has 3 rings (SSSR count). The van der Waals surface area contributed by atoms with Gasteiger partial charge in [0.25, 0.3) is 0 Å². The number of rotatable bonds is 8. The molecule has 1 aliphatic heterocycles. The molecule has 0 radical (unpaired) electrons. The molecule has 1 N–H and O–H groups in total. The Kier molecular flexibility index (Phi) is 4.51. The minimum absolute atomic E-state index is 0.374. The Morgan fingerprint density at radius 2 is 2.14 bits per heavy atom. The standard InChI is InChI=1S/C18H27NO2/c1-18(15-7-8-15,13-19-9-10-20-2)11-14-12-21-17-6-4-3-5-16(14)17/h3-6,14-15,19H,7-13H2,1-2H3. The molecule has 2 unspecified atom stereocenters. The van der Waals surface area contributed by atoms with E-state index < -0.39 is 0 Å². The summed E-state index contributed by atoms with van der Waals surface area (Å²) < 4.78 is 11.0. The van der Waals surface area contributed by atoms with Gasteiger partial charge >= 0.3 is 0 Å². The topological polar surface area (TPSA) is 30.5 Å². The monoisotopic (exact) mass is 289 g/mol. The zero-order valence-electron chi connectivity index (χ0n) is 13.2. The lowest BCUT2D eigenvalue weighted by atomic mass is 9.75. The third-order valence-corrected chi connectivity index (χ3v) is 5.09. The Bertz CT molecular complexity index is 472. The SMILES string of the molecule is COCCNCC(C)(CC1COc2ccccc21)C1CC1. The average molecular weight is 289 g/mol. The summed E-state index contributed by atoms with van der Waals surface area (Å²) in [5.41, 5.74) is 1.78. The van der Waals surface area contributed by atoms with Crippen molar-refractivity contribution in [2.24, 2.45) is 11.3 Å². The Labute approximate surface area is 128 Å². The molecule has 2 aliphatic rings. The van der Waals surface area contributed by atoms with Crippen LogP contribution >= 0.6 is 0 Å². The summed E-state index contributed by atoms with van der Waals surface area (Å²) in [4.78, 5) is 0. The lowest BCUT2D eigenvalue weighted by molar-refractivity contribution is 0.174. The van der Waals surface area contributed by atoms with Crippen LogP contribution in [-0.2, 0) is 4.74 Å². The van der Waals surface area contributed by atoms with E-state index in [1.165, 1.54) is 24.8 Å². The first-order valence-corrected chi connectivity index (χ1v) is 8.14. The summed E-state index contributed by atoms with van der Waals surface area (Å²) in [5, 5.41) is 3.58. The molecule has 0 bridgehead atoms. The van der Waals surface area contributed by atoms with Gasteiger partial charge in [0.05, 0.1) is 13.2 Å². The zero-order valence-corrected chi connectivity index (χ0v) is 13.2. The quantitative estimate of drug-likeness (QED) is 0.746. The normalized spacial score (nSPS) is 23.4. The first kappa shape index (κ1) is 14.9. The van der Waals surface area contributed by atoms with E-state index in [4.69, 9.17) is 9.47 Å². The highest BCUT2D eigenvalue weighted by molar-refractivity contribution is 5.39. The molecular weight excluding hydrogens is 262 g/mol. The van der Waals surface area contributed by atoms with Gasteiger partial charge < -0.3 is 14.8 Å².